The highest BCUT2D eigenvalue weighted by Crippen LogP contribution is 2.26. The Kier molecular flexibility index (Phi) is 10.7. The number of para-hydroxylation sites is 1. The SMILES string of the molecule is CCOC(=O)C(Cc1cc(=O)[nH]c2ccccc12)(NC(=O)c1ccc(Cl)cc1)N1CCOCC1.O=C(O)c1cc(=O)[nH]c(=O)[nH]1. The molecule has 236 valence electrons. The first-order valence-electron chi connectivity index (χ1n) is 13.8. The van der Waals surface area contributed by atoms with Crippen molar-refractivity contribution in [1.29, 1.82) is 0 Å². The number of benzene rings is 2. The Morgan fingerprint density at radius 2 is 1.64 bits per heavy atom. The lowest BCUT2D eigenvalue weighted by Gasteiger charge is -2.44. The highest BCUT2D eigenvalue weighted by atomic mass is 35.5. The number of hydrogen-bond acceptors (Lipinski definition) is 9. The van der Waals surface area contributed by atoms with Crippen LogP contribution in [0, 0.1) is 0 Å². The maximum Gasteiger partial charge on any atom is 0.352 e. The van der Waals surface area contributed by atoms with Crippen molar-refractivity contribution < 1.29 is 29.0 Å². The predicted octanol–water partition coefficient (Wildman–Crippen LogP) is 1.51. The summed E-state index contributed by atoms with van der Waals surface area (Å²) >= 11 is 5.98. The summed E-state index contributed by atoms with van der Waals surface area (Å²) in [6.07, 6.45) is 0.0373. The Balaban J connectivity index is 0.000000354. The fourth-order valence-corrected chi connectivity index (χ4v) is 4.95. The molecule has 0 radical (unpaired) electrons. The minimum Gasteiger partial charge on any atom is -0.477 e. The van der Waals surface area contributed by atoms with Gasteiger partial charge in [0.2, 0.25) is 5.56 Å². The number of nitrogens with one attached hydrogen (secondary N) is 4. The van der Waals surface area contributed by atoms with E-state index in [1.54, 1.807) is 37.3 Å². The summed E-state index contributed by atoms with van der Waals surface area (Å²) in [4.78, 5) is 78.9. The normalized spacial score (nSPS) is 14.4. The smallest absolute Gasteiger partial charge is 0.352 e. The number of hydrogen-bond donors (Lipinski definition) is 5. The third-order valence-corrected chi connectivity index (χ3v) is 7.12. The molecule has 1 saturated heterocycles. The summed E-state index contributed by atoms with van der Waals surface area (Å²) in [7, 11) is 0. The van der Waals surface area contributed by atoms with E-state index in [9.17, 15) is 28.8 Å². The molecule has 1 unspecified atom stereocenters. The number of carboxylic acids is 1. The lowest BCUT2D eigenvalue weighted by Crippen LogP contribution is -2.69. The minimum atomic E-state index is -1.55. The molecule has 14 nitrogen and oxygen atoms in total. The number of rotatable bonds is 8. The van der Waals surface area contributed by atoms with Crippen LogP contribution in [0.5, 0.6) is 0 Å². The van der Waals surface area contributed by atoms with Crippen molar-refractivity contribution in [2.45, 2.75) is 19.0 Å². The van der Waals surface area contributed by atoms with Crippen LogP contribution in [0.25, 0.3) is 10.9 Å². The van der Waals surface area contributed by atoms with Crippen molar-refractivity contribution in [1.82, 2.24) is 25.2 Å². The fourth-order valence-electron chi connectivity index (χ4n) is 4.83. The van der Waals surface area contributed by atoms with Gasteiger partial charge in [-0.05, 0) is 42.8 Å². The summed E-state index contributed by atoms with van der Waals surface area (Å²) in [5.74, 6) is -2.39. The van der Waals surface area contributed by atoms with Gasteiger partial charge in [-0.15, -0.1) is 0 Å². The molecule has 2 aromatic heterocycles. The number of aromatic amines is 3. The zero-order valence-corrected chi connectivity index (χ0v) is 24.8. The Labute approximate surface area is 260 Å². The molecule has 1 amide bonds. The summed E-state index contributed by atoms with van der Waals surface area (Å²) in [6.45, 7) is 3.45. The molecule has 5 N–H and O–H groups in total. The van der Waals surface area contributed by atoms with Gasteiger partial charge in [0.25, 0.3) is 11.5 Å². The molecule has 1 atom stereocenters. The first kappa shape index (κ1) is 32.9. The van der Waals surface area contributed by atoms with Crippen LogP contribution >= 0.6 is 11.6 Å². The van der Waals surface area contributed by atoms with E-state index < -0.39 is 40.5 Å². The molecule has 2 aromatic carbocycles. The number of fused-ring (bicyclic) bond motifs is 1. The van der Waals surface area contributed by atoms with Crippen LogP contribution in [-0.4, -0.2) is 81.4 Å². The molecule has 3 heterocycles. The number of nitrogens with zero attached hydrogens (tertiary/aromatic N) is 1. The van der Waals surface area contributed by atoms with Crippen LogP contribution in [0.15, 0.2) is 75.0 Å². The van der Waals surface area contributed by atoms with Gasteiger partial charge >= 0.3 is 17.6 Å². The van der Waals surface area contributed by atoms with Gasteiger partial charge in [0, 0.05) is 53.1 Å². The van der Waals surface area contributed by atoms with Crippen LogP contribution < -0.4 is 22.1 Å². The number of esters is 1. The number of aromatic carboxylic acids is 1. The molecule has 0 bridgehead atoms. The van der Waals surface area contributed by atoms with Crippen molar-refractivity contribution in [3.63, 3.8) is 0 Å². The topological polar surface area (TPSA) is 204 Å². The summed E-state index contributed by atoms with van der Waals surface area (Å²) in [5, 5.41) is 12.5. The van der Waals surface area contributed by atoms with E-state index in [0.29, 0.717) is 48.0 Å². The number of pyridine rings is 1. The van der Waals surface area contributed by atoms with E-state index in [1.165, 1.54) is 6.07 Å². The van der Waals surface area contributed by atoms with Crippen LogP contribution in [0.4, 0.5) is 0 Å². The first-order valence-corrected chi connectivity index (χ1v) is 14.2. The zero-order valence-electron chi connectivity index (χ0n) is 24.1. The maximum absolute atomic E-state index is 13.6. The maximum atomic E-state index is 13.6. The van der Waals surface area contributed by atoms with Gasteiger partial charge in [-0.2, -0.15) is 0 Å². The number of carboxylic acid groups (broad SMARTS) is 1. The Morgan fingerprint density at radius 1 is 0.978 bits per heavy atom. The van der Waals surface area contributed by atoms with E-state index in [0.717, 1.165) is 11.5 Å². The van der Waals surface area contributed by atoms with E-state index >= 15 is 0 Å². The summed E-state index contributed by atoms with van der Waals surface area (Å²) in [5.41, 5.74) is -2.20. The van der Waals surface area contributed by atoms with E-state index in [-0.39, 0.29) is 18.6 Å². The molecular weight excluding hydrogens is 610 g/mol. The quantitative estimate of drug-likeness (QED) is 0.176. The van der Waals surface area contributed by atoms with Gasteiger partial charge in [-0.3, -0.25) is 24.3 Å². The average Bonchev–Trinajstić information content (AvgIpc) is 3.01. The number of ether oxygens (including phenoxy) is 2. The average molecular weight is 640 g/mol. The number of carbonyl (C=O) groups excluding carboxylic acids is 2. The first-order chi connectivity index (χ1) is 21.5. The van der Waals surface area contributed by atoms with E-state index in [2.05, 4.69) is 10.3 Å². The highest BCUT2D eigenvalue weighted by Gasteiger charge is 2.48. The Hall–Kier alpha value is -5.05. The van der Waals surface area contributed by atoms with Crippen LogP contribution in [-0.2, 0) is 20.7 Å². The van der Waals surface area contributed by atoms with Crippen molar-refractivity contribution in [3.8, 4) is 0 Å². The summed E-state index contributed by atoms with van der Waals surface area (Å²) in [6, 6.07) is 16.0. The molecule has 1 aliphatic rings. The molecular formula is C30H30ClN5O9. The largest absolute Gasteiger partial charge is 0.477 e. The van der Waals surface area contributed by atoms with Crippen molar-refractivity contribution in [2.75, 3.05) is 32.9 Å². The summed E-state index contributed by atoms with van der Waals surface area (Å²) < 4.78 is 11.0. The van der Waals surface area contributed by atoms with Gasteiger partial charge in [0.15, 0.2) is 5.66 Å². The second-order valence-corrected chi connectivity index (χ2v) is 10.3. The van der Waals surface area contributed by atoms with E-state index in [4.69, 9.17) is 26.2 Å². The fraction of sp³-hybridized carbons (Fsp3) is 0.267. The van der Waals surface area contributed by atoms with Crippen LogP contribution in [0.1, 0.15) is 33.3 Å². The molecule has 45 heavy (non-hydrogen) atoms. The van der Waals surface area contributed by atoms with Gasteiger partial charge in [-0.25, -0.2) is 14.4 Å². The molecule has 5 rings (SSSR count). The number of H-pyrrole nitrogens is 3. The van der Waals surface area contributed by atoms with Crippen molar-refractivity contribution in [3.05, 3.63) is 114 Å². The predicted molar refractivity (Wildman–Crippen MR) is 164 cm³/mol. The number of carbonyl (C=O) groups is 3. The monoisotopic (exact) mass is 639 g/mol. The highest BCUT2D eigenvalue weighted by molar-refractivity contribution is 6.30. The third kappa shape index (κ3) is 8.12. The zero-order chi connectivity index (χ0) is 32.6. The number of amides is 1. The lowest BCUT2D eigenvalue weighted by molar-refractivity contribution is -0.163. The van der Waals surface area contributed by atoms with Gasteiger partial charge in [0.1, 0.15) is 5.69 Å². The molecule has 0 spiro atoms. The number of morpholine rings is 1. The van der Waals surface area contributed by atoms with Crippen molar-refractivity contribution >= 4 is 40.3 Å². The van der Waals surface area contributed by atoms with Crippen LogP contribution in [0.3, 0.4) is 0 Å². The molecule has 0 saturated carbocycles. The molecule has 1 aliphatic heterocycles. The minimum absolute atomic E-state index is 0.0373. The van der Waals surface area contributed by atoms with Crippen molar-refractivity contribution in [2.24, 2.45) is 0 Å². The second kappa shape index (κ2) is 14.6. The van der Waals surface area contributed by atoms with Gasteiger partial charge < -0.3 is 29.9 Å². The van der Waals surface area contributed by atoms with Gasteiger partial charge in [0.05, 0.1) is 19.8 Å². The Morgan fingerprint density at radius 3 is 2.29 bits per heavy atom. The second-order valence-electron chi connectivity index (χ2n) is 9.83. The number of aromatic nitrogens is 3. The molecule has 4 aromatic rings. The standard InChI is InChI=1S/C25H26ClN3O5.C5H4N2O4/c1-2-34-24(32)25(29-11-13-33-14-12-29,28-23(31)17-7-9-19(26)10-8-17)16-18-15-22(30)27-21-6-4-3-5-20(18)21;8-3-1-2(4(9)10)6-5(11)7-3/h3-10,15H,2,11-14,16H2,1H3,(H,27,30)(H,28,31);1H,(H,9,10)(H2,6,7,8,11). The number of halogens is 1. The molecule has 1 fully saturated rings. The van der Waals surface area contributed by atoms with E-state index in [1.807, 2.05) is 33.1 Å². The molecule has 15 heteroatoms. The molecule has 0 aliphatic carbocycles. The Bertz CT molecular complexity index is 1830. The van der Waals surface area contributed by atoms with Gasteiger partial charge in [-0.1, -0.05) is 29.8 Å². The van der Waals surface area contributed by atoms with Crippen LogP contribution in [0.2, 0.25) is 5.02 Å². The third-order valence-electron chi connectivity index (χ3n) is 6.86. The lowest BCUT2D eigenvalue weighted by atomic mass is 9.93.